The van der Waals surface area contributed by atoms with Crippen molar-refractivity contribution >= 4 is 17.6 Å². The zero-order valence-corrected chi connectivity index (χ0v) is 17.8. The number of anilines is 3. The number of halogens is 4. The third kappa shape index (κ3) is 6.24. The first kappa shape index (κ1) is 22.6. The van der Waals surface area contributed by atoms with Gasteiger partial charge in [0.1, 0.15) is 17.3 Å². The van der Waals surface area contributed by atoms with E-state index in [1.165, 1.54) is 12.1 Å². The second kappa shape index (κ2) is 9.51. The van der Waals surface area contributed by atoms with Gasteiger partial charge in [0, 0.05) is 31.9 Å². The molecular formula is C21H22F4N6O2. The Bertz CT molecular complexity index is 1070. The van der Waals surface area contributed by atoms with Gasteiger partial charge < -0.3 is 24.3 Å². The van der Waals surface area contributed by atoms with Gasteiger partial charge in [-0.2, -0.15) is 28.1 Å². The number of hydrogen-bond acceptors (Lipinski definition) is 8. The van der Waals surface area contributed by atoms with Crippen molar-refractivity contribution < 1.29 is 26.7 Å². The minimum absolute atomic E-state index is 0.0761. The fraction of sp³-hybridized carbons (Fsp3) is 0.381. The fourth-order valence-corrected chi connectivity index (χ4v) is 3.34. The van der Waals surface area contributed by atoms with Crippen LogP contribution in [0.25, 0.3) is 0 Å². The van der Waals surface area contributed by atoms with Crippen LogP contribution in [-0.2, 0) is 6.54 Å². The van der Waals surface area contributed by atoms with Crippen molar-refractivity contribution in [3.63, 3.8) is 0 Å². The maximum absolute atomic E-state index is 13.2. The third-order valence-electron chi connectivity index (χ3n) is 4.94. The highest BCUT2D eigenvalue weighted by Crippen LogP contribution is 2.22. The molecule has 0 spiro atoms. The van der Waals surface area contributed by atoms with Gasteiger partial charge in [-0.3, -0.25) is 0 Å². The molecule has 33 heavy (non-hydrogen) atoms. The normalized spacial score (nSPS) is 14.5. The lowest BCUT2D eigenvalue weighted by Gasteiger charge is -2.36. The highest BCUT2D eigenvalue weighted by molar-refractivity contribution is 5.49. The second-order valence-electron chi connectivity index (χ2n) is 7.46. The number of nitrogens with zero attached hydrogens (tertiary/aromatic N) is 5. The van der Waals surface area contributed by atoms with Gasteiger partial charge in [0.25, 0.3) is 0 Å². The van der Waals surface area contributed by atoms with Crippen molar-refractivity contribution in [2.75, 3.05) is 47.9 Å². The minimum Gasteiger partial charge on any atom is -0.465 e. The number of aryl methyl sites for hydroxylation is 1. The van der Waals surface area contributed by atoms with Crippen molar-refractivity contribution in [2.45, 2.75) is 19.6 Å². The molecule has 1 N–H and O–H groups in total. The first-order chi connectivity index (χ1) is 15.7. The molecule has 12 heteroatoms. The fourth-order valence-electron chi connectivity index (χ4n) is 3.34. The highest BCUT2D eigenvalue weighted by atomic mass is 19.4. The Balaban J connectivity index is 1.47. The number of furan rings is 1. The van der Waals surface area contributed by atoms with E-state index in [1.807, 2.05) is 4.90 Å². The predicted octanol–water partition coefficient (Wildman–Crippen LogP) is 3.79. The van der Waals surface area contributed by atoms with Crippen LogP contribution < -0.4 is 19.9 Å². The van der Waals surface area contributed by atoms with Gasteiger partial charge in [-0.05, 0) is 43.3 Å². The summed E-state index contributed by atoms with van der Waals surface area (Å²) in [4.78, 5) is 16.3. The van der Waals surface area contributed by atoms with Gasteiger partial charge in [0.15, 0.2) is 6.61 Å². The van der Waals surface area contributed by atoms with Gasteiger partial charge in [0.05, 0.1) is 6.54 Å². The van der Waals surface area contributed by atoms with Crippen molar-refractivity contribution in [1.29, 1.82) is 0 Å². The monoisotopic (exact) mass is 466 g/mol. The lowest BCUT2D eigenvalue weighted by atomic mass is 10.2. The molecule has 1 saturated heterocycles. The van der Waals surface area contributed by atoms with Crippen LogP contribution in [0.2, 0.25) is 0 Å². The Morgan fingerprint density at radius 3 is 2.30 bits per heavy atom. The lowest BCUT2D eigenvalue weighted by molar-refractivity contribution is -0.154. The van der Waals surface area contributed by atoms with Crippen molar-refractivity contribution in [1.82, 2.24) is 15.0 Å². The summed E-state index contributed by atoms with van der Waals surface area (Å²) in [5, 5.41) is 2.94. The molecule has 0 bridgehead atoms. The molecule has 0 unspecified atom stereocenters. The molecule has 1 aliphatic rings. The van der Waals surface area contributed by atoms with E-state index in [0.29, 0.717) is 31.9 Å². The van der Waals surface area contributed by atoms with Crippen LogP contribution >= 0.6 is 0 Å². The average Bonchev–Trinajstić information content (AvgIpc) is 3.21. The van der Waals surface area contributed by atoms with Gasteiger partial charge in [0.2, 0.25) is 11.9 Å². The molecule has 3 heterocycles. The summed E-state index contributed by atoms with van der Waals surface area (Å²) in [6.07, 6.45) is -4.52. The zero-order chi connectivity index (χ0) is 23.4. The molecule has 4 rings (SSSR count). The van der Waals surface area contributed by atoms with Crippen molar-refractivity contribution in [3.8, 4) is 6.01 Å². The molecule has 176 valence electrons. The molecular weight excluding hydrogens is 444 g/mol. The Hall–Kier alpha value is -3.57. The lowest BCUT2D eigenvalue weighted by Crippen LogP contribution is -2.47. The summed E-state index contributed by atoms with van der Waals surface area (Å²) in [5.41, 5.74) is 0.886. The Labute approximate surface area is 187 Å². The van der Waals surface area contributed by atoms with Crippen LogP contribution in [-0.4, -0.2) is 53.9 Å². The van der Waals surface area contributed by atoms with E-state index in [4.69, 9.17) is 9.15 Å². The number of ether oxygens (including phenoxy) is 1. The molecule has 2 aromatic heterocycles. The van der Waals surface area contributed by atoms with Gasteiger partial charge in [-0.25, -0.2) is 4.39 Å². The Morgan fingerprint density at radius 2 is 1.67 bits per heavy atom. The predicted molar refractivity (Wildman–Crippen MR) is 113 cm³/mol. The summed E-state index contributed by atoms with van der Waals surface area (Å²) < 4.78 is 61.3. The SMILES string of the molecule is Cc1ccc(CNc2nc(OCC(F)(F)F)nc(N3CCN(c4ccc(F)cc4)CC3)n2)o1. The summed E-state index contributed by atoms with van der Waals surface area (Å²) in [7, 11) is 0. The number of alkyl halides is 3. The van der Waals surface area contributed by atoms with E-state index in [2.05, 4.69) is 25.2 Å². The first-order valence-electron chi connectivity index (χ1n) is 10.3. The minimum atomic E-state index is -4.52. The molecule has 0 radical (unpaired) electrons. The largest absolute Gasteiger partial charge is 0.465 e. The van der Waals surface area contributed by atoms with Gasteiger partial charge >= 0.3 is 12.2 Å². The molecule has 8 nitrogen and oxygen atoms in total. The number of aromatic nitrogens is 3. The second-order valence-corrected chi connectivity index (χ2v) is 7.46. The average molecular weight is 466 g/mol. The van der Waals surface area contributed by atoms with E-state index in [9.17, 15) is 17.6 Å². The van der Waals surface area contributed by atoms with E-state index in [0.717, 1.165) is 11.4 Å². The van der Waals surface area contributed by atoms with Crippen LogP contribution in [0, 0.1) is 12.7 Å². The van der Waals surface area contributed by atoms with Crippen LogP contribution in [0.15, 0.2) is 40.8 Å². The number of benzene rings is 1. The molecule has 0 saturated carbocycles. The van der Waals surface area contributed by atoms with Crippen LogP contribution in [0.3, 0.4) is 0 Å². The maximum Gasteiger partial charge on any atom is 0.422 e. The van der Waals surface area contributed by atoms with Crippen LogP contribution in [0.4, 0.5) is 35.1 Å². The third-order valence-corrected chi connectivity index (χ3v) is 4.94. The smallest absolute Gasteiger partial charge is 0.422 e. The van der Waals surface area contributed by atoms with Crippen molar-refractivity contribution in [2.24, 2.45) is 0 Å². The molecule has 0 amide bonds. The van der Waals surface area contributed by atoms with E-state index in [-0.39, 0.29) is 24.3 Å². The van der Waals surface area contributed by atoms with E-state index in [1.54, 1.807) is 31.2 Å². The standard InChI is InChI=1S/C21H22F4N6O2/c1-14-2-7-17(33-14)12-26-18-27-19(29-20(28-18)32-13-21(23,24)25)31-10-8-30(9-11-31)16-5-3-15(22)4-6-16/h2-7H,8-13H2,1H3,(H,26,27,28,29). The quantitative estimate of drug-likeness (QED) is 0.527. The Morgan fingerprint density at radius 1 is 0.970 bits per heavy atom. The molecule has 0 aliphatic carbocycles. The van der Waals surface area contributed by atoms with Crippen molar-refractivity contribution in [3.05, 3.63) is 53.7 Å². The molecule has 0 atom stereocenters. The summed E-state index contributed by atoms with van der Waals surface area (Å²) in [6, 6.07) is 9.36. The van der Waals surface area contributed by atoms with Crippen LogP contribution in [0.5, 0.6) is 6.01 Å². The zero-order valence-electron chi connectivity index (χ0n) is 17.8. The Kier molecular flexibility index (Phi) is 6.52. The molecule has 1 aliphatic heterocycles. The number of piperazine rings is 1. The van der Waals surface area contributed by atoms with E-state index >= 15 is 0 Å². The summed E-state index contributed by atoms with van der Waals surface area (Å²) in [5.74, 6) is 1.33. The molecule has 1 aromatic carbocycles. The first-order valence-corrected chi connectivity index (χ1v) is 10.3. The van der Waals surface area contributed by atoms with E-state index < -0.39 is 18.8 Å². The van der Waals surface area contributed by atoms with Crippen LogP contribution in [0.1, 0.15) is 11.5 Å². The maximum atomic E-state index is 13.2. The molecule has 1 fully saturated rings. The molecule has 3 aromatic rings. The highest BCUT2D eigenvalue weighted by Gasteiger charge is 2.29. The summed E-state index contributed by atoms with van der Waals surface area (Å²) >= 11 is 0. The van der Waals surface area contributed by atoms with Gasteiger partial charge in [-0.1, -0.05) is 0 Å². The topological polar surface area (TPSA) is 79.6 Å². The number of rotatable bonds is 7. The number of hydrogen-bond donors (Lipinski definition) is 1. The number of nitrogens with one attached hydrogen (secondary N) is 1. The van der Waals surface area contributed by atoms with Gasteiger partial charge in [-0.15, -0.1) is 0 Å². The summed E-state index contributed by atoms with van der Waals surface area (Å²) in [6.45, 7) is 2.77.